The maximum Gasteiger partial charge on any atom is 0.242 e. The van der Waals surface area contributed by atoms with Gasteiger partial charge in [0, 0.05) is 17.5 Å². The van der Waals surface area contributed by atoms with E-state index >= 15 is 0 Å². The van der Waals surface area contributed by atoms with Crippen molar-refractivity contribution in [1.29, 1.82) is 0 Å². The maximum atomic E-state index is 12.5. The number of rotatable bonds is 2. The minimum absolute atomic E-state index is 0.0582. The minimum Gasteiger partial charge on any atom is -0.309 e. The summed E-state index contributed by atoms with van der Waals surface area (Å²) < 4.78 is 0. The largest absolute Gasteiger partial charge is 0.309 e. The second-order valence-electron chi connectivity index (χ2n) is 7.60. The molecule has 4 nitrogen and oxygen atoms in total. The Balaban J connectivity index is 1.56. The summed E-state index contributed by atoms with van der Waals surface area (Å²) in [5.74, 6) is 0.880. The zero-order valence-electron chi connectivity index (χ0n) is 13.5. The quantitative estimate of drug-likeness (QED) is 0.849. The van der Waals surface area contributed by atoms with Gasteiger partial charge < -0.3 is 5.32 Å². The van der Waals surface area contributed by atoms with Crippen molar-refractivity contribution in [1.82, 2.24) is 10.2 Å². The predicted molar refractivity (Wildman–Crippen MR) is 85.1 cm³/mol. The van der Waals surface area contributed by atoms with Gasteiger partial charge in [-0.05, 0) is 32.2 Å². The van der Waals surface area contributed by atoms with Crippen molar-refractivity contribution in [3.63, 3.8) is 0 Å². The summed E-state index contributed by atoms with van der Waals surface area (Å²) >= 11 is 0. The Morgan fingerprint density at radius 2 is 1.90 bits per heavy atom. The average Bonchev–Trinajstić information content (AvgIpc) is 2.99. The fourth-order valence-electron chi connectivity index (χ4n) is 3.66. The smallest absolute Gasteiger partial charge is 0.242 e. The zero-order chi connectivity index (χ0) is 15.0. The molecule has 3 aliphatic rings. The first kappa shape index (κ1) is 14.8. The van der Waals surface area contributed by atoms with Crippen LogP contribution in [0.2, 0.25) is 0 Å². The SMILES string of the molecule is CC(C)(C)C1=CC(NC(=O)C2CCCN2C2CCCC2)=N1. The molecule has 1 aliphatic carbocycles. The topological polar surface area (TPSA) is 44.7 Å². The highest BCUT2D eigenvalue weighted by molar-refractivity contribution is 6.09. The lowest BCUT2D eigenvalue weighted by Crippen LogP contribution is -2.49. The van der Waals surface area contributed by atoms with Gasteiger partial charge in [0.1, 0.15) is 5.84 Å². The van der Waals surface area contributed by atoms with Crippen molar-refractivity contribution in [2.75, 3.05) is 6.54 Å². The van der Waals surface area contributed by atoms with Gasteiger partial charge in [-0.1, -0.05) is 33.6 Å². The molecule has 1 atom stereocenters. The van der Waals surface area contributed by atoms with Crippen LogP contribution in [0.4, 0.5) is 0 Å². The van der Waals surface area contributed by atoms with E-state index < -0.39 is 0 Å². The molecule has 2 aliphatic heterocycles. The van der Waals surface area contributed by atoms with Gasteiger partial charge in [0.25, 0.3) is 0 Å². The summed E-state index contributed by atoms with van der Waals surface area (Å²) in [4.78, 5) is 19.4. The number of allylic oxidation sites excluding steroid dienone is 1. The van der Waals surface area contributed by atoms with E-state index in [1.165, 1.54) is 25.7 Å². The third-order valence-corrected chi connectivity index (χ3v) is 4.92. The van der Waals surface area contributed by atoms with Crippen LogP contribution in [-0.2, 0) is 4.79 Å². The van der Waals surface area contributed by atoms with Crippen molar-refractivity contribution in [3.05, 3.63) is 11.8 Å². The molecule has 2 fully saturated rings. The van der Waals surface area contributed by atoms with Crippen LogP contribution in [0.3, 0.4) is 0 Å². The molecule has 1 saturated carbocycles. The molecule has 21 heavy (non-hydrogen) atoms. The molecule has 0 radical (unpaired) electrons. The highest BCUT2D eigenvalue weighted by Gasteiger charge is 2.37. The third kappa shape index (κ3) is 3.05. The van der Waals surface area contributed by atoms with Gasteiger partial charge in [-0.3, -0.25) is 9.69 Å². The molecule has 1 amide bonds. The number of likely N-dealkylation sites (tertiary alicyclic amines) is 1. The number of aliphatic imine (C=N–C) groups is 1. The summed E-state index contributed by atoms with van der Waals surface area (Å²) in [5.41, 5.74) is 1.13. The van der Waals surface area contributed by atoms with Gasteiger partial charge in [0.15, 0.2) is 0 Å². The normalized spacial score (nSPS) is 27.3. The number of nitrogens with zero attached hydrogens (tertiary/aromatic N) is 2. The molecule has 2 heterocycles. The van der Waals surface area contributed by atoms with E-state index in [4.69, 9.17) is 0 Å². The fraction of sp³-hybridized carbons (Fsp3) is 0.765. The summed E-state index contributed by atoms with van der Waals surface area (Å²) in [6, 6.07) is 0.690. The average molecular weight is 289 g/mol. The van der Waals surface area contributed by atoms with Crippen LogP contribution in [0.15, 0.2) is 16.8 Å². The number of carbonyl (C=O) groups is 1. The molecule has 0 aromatic carbocycles. The van der Waals surface area contributed by atoms with Gasteiger partial charge in [0.05, 0.1) is 11.7 Å². The molecule has 116 valence electrons. The molecular weight excluding hydrogens is 262 g/mol. The Bertz CT molecular complexity index is 481. The first-order valence-electron chi connectivity index (χ1n) is 8.32. The van der Waals surface area contributed by atoms with Crippen molar-refractivity contribution >= 4 is 11.7 Å². The number of carbonyl (C=O) groups excluding carboxylic acids is 1. The second-order valence-corrected chi connectivity index (χ2v) is 7.60. The van der Waals surface area contributed by atoms with Gasteiger partial charge in [-0.25, -0.2) is 4.99 Å². The van der Waals surface area contributed by atoms with E-state index in [1.54, 1.807) is 0 Å². The van der Waals surface area contributed by atoms with Crippen LogP contribution in [0.5, 0.6) is 0 Å². The number of amidine groups is 1. The minimum atomic E-state index is 0.0582. The Morgan fingerprint density at radius 3 is 2.52 bits per heavy atom. The van der Waals surface area contributed by atoms with Crippen LogP contribution < -0.4 is 5.32 Å². The van der Waals surface area contributed by atoms with Gasteiger partial charge >= 0.3 is 0 Å². The van der Waals surface area contributed by atoms with Crippen LogP contribution in [0.1, 0.15) is 59.3 Å². The summed E-state index contributed by atoms with van der Waals surface area (Å²) in [5, 5.41) is 3.01. The van der Waals surface area contributed by atoms with Gasteiger partial charge in [0.2, 0.25) is 5.91 Å². The molecular formula is C17H27N3O. The van der Waals surface area contributed by atoms with Crippen molar-refractivity contribution in [2.45, 2.75) is 71.4 Å². The lowest BCUT2D eigenvalue weighted by molar-refractivity contribution is -0.124. The van der Waals surface area contributed by atoms with Gasteiger partial charge in [-0.15, -0.1) is 0 Å². The molecule has 1 saturated heterocycles. The first-order valence-corrected chi connectivity index (χ1v) is 8.32. The Labute approximate surface area is 127 Å². The van der Waals surface area contributed by atoms with Crippen LogP contribution in [0, 0.1) is 5.41 Å². The van der Waals surface area contributed by atoms with Gasteiger partial charge in [-0.2, -0.15) is 0 Å². The molecule has 1 N–H and O–H groups in total. The summed E-state index contributed by atoms with van der Waals surface area (Å²) in [6.07, 6.45) is 9.31. The monoisotopic (exact) mass is 289 g/mol. The van der Waals surface area contributed by atoms with E-state index in [0.29, 0.717) is 6.04 Å². The number of amides is 1. The highest BCUT2D eigenvalue weighted by atomic mass is 16.2. The summed E-state index contributed by atoms with van der Waals surface area (Å²) in [6.45, 7) is 7.50. The maximum absolute atomic E-state index is 12.5. The zero-order valence-corrected chi connectivity index (χ0v) is 13.5. The lowest BCUT2D eigenvalue weighted by Gasteiger charge is -2.31. The predicted octanol–water partition coefficient (Wildman–Crippen LogP) is 2.85. The Kier molecular flexibility index (Phi) is 3.91. The number of hydrogen-bond acceptors (Lipinski definition) is 3. The first-order chi connectivity index (χ1) is 9.95. The lowest BCUT2D eigenvalue weighted by atomic mass is 9.90. The second kappa shape index (κ2) is 5.56. The Morgan fingerprint density at radius 1 is 1.24 bits per heavy atom. The molecule has 4 heteroatoms. The molecule has 3 rings (SSSR count). The van der Waals surface area contributed by atoms with E-state index in [1.807, 2.05) is 6.08 Å². The molecule has 0 bridgehead atoms. The van der Waals surface area contributed by atoms with E-state index in [9.17, 15) is 4.79 Å². The third-order valence-electron chi connectivity index (χ3n) is 4.92. The standard InChI is InChI=1S/C17H27N3O/c1-17(2,3)14-11-15(18-14)19-16(21)13-9-6-10-20(13)12-7-4-5-8-12/h11-13H,4-10H2,1-3H3,(H,18,19,21). The highest BCUT2D eigenvalue weighted by Crippen LogP contribution is 2.32. The molecule has 1 unspecified atom stereocenters. The van der Waals surface area contributed by atoms with Crippen molar-refractivity contribution < 1.29 is 4.79 Å². The molecule has 0 aromatic rings. The van der Waals surface area contributed by atoms with E-state index in [-0.39, 0.29) is 17.4 Å². The van der Waals surface area contributed by atoms with Crippen LogP contribution in [-0.4, -0.2) is 35.3 Å². The molecule has 0 aromatic heterocycles. The van der Waals surface area contributed by atoms with Crippen molar-refractivity contribution in [3.8, 4) is 0 Å². The fourth-order valence-corrected chi connectivity index (χ4v) is 3.66. The molecule has 0 spiro atoms. The summed E-state index contributed by atoms with van der Waals surface area (Å²) in [7, 11) is 0. The van der Waals surface area contributed by atoms with Crippen LogP contribution in [0.25, 0.3) is 0 Å². The van der Waals surface area contributed by atoms with Crippen molar-refractivity contribution in [2.24, 2.45) is 10.4 Å². The Hall–Kier alpha value is -1.16. The van der Waals surface area contributed by atoms with E-state index in [0.717, 1.165) is 30.9 Å². The van der Waals surface area contributed by atoms with E-state index in [2.05, 4.69) is 36.0 Å². The van der Waals surface area contributed by atoms with Crippen LogP contribution >= 0.6 is 0 Å². The number of nitrogens with one attached hydrogen (secondary N) is 1. The number of hydrogen-bond donors (Lipinski definition) is 1.